The van der Waals surface area contributed by atoms with Gasteiger partial charge < -0.3 is 14.5 Å². The van der Waals surface area contributed by atoms with Gasteiger partial charge in [-0.1, -0.05) is 24.3 Å². The Morgan fingerprint density at radius 3 is 2.28 bits per heavy atom. The molecule has 0 aliphatic heterocycles. The number of aryl methyl sites for hydroxylation is 1. The number of hydrogen-bond donors (Lipinski definition) is 1. The number of fused-ring (bicyclic) bond motifs is 4. The van der Waals surface area contributed by atoms with Crippen LogP contribution in [0.2, 0.25) is 0 Å². The van der Waals surface area contributed by atoms with E-state index in [1.165, 1.54) is 0 Å². The van der Waals surface area contributed by atoms with E-state index in [1.807, 2.05) is 73.6 Å². The molecule has 0 saturated heterocycles. The van der Waals surface area contributed by atoms with Crippen LogP contribution < -0.4 is 15.8 Å². The van der Waals surface area contributed by atoms with Crippen molar-refractivity contribution < 1.29 is 0 Å². The van der Waals surface area contributed by atoms with Crippen LogP contribution in [0.25, 0.3) is 43.6 Å². The SMILES string of the molecule is CCn1c2ccccc2c(=O)c2cc3[nH]c4ccccc4c(=O)c3c(N(C)C)c21. The number of anilines is 1. The Labute approximate surface area is 166 Å². The number of benzene rings is 3. The molecule has 5 rings (SSSR count). The number of aromatic amines is 1. The lowest BCUT2D eigenvalue weighted by atomic mass is 10.0. The van der Waals surface area contributed by atoms with Crippen LogP contribution in [-0.4, -0.2) is 23.6 Å². The van der Waals surface area contributed by atoms with Gasteiger partial charge >= 0.3 is 0 Å². The third-order valence-corrected chi connectivity index (χ3v) is 5.66. The van der Waals surface area contributed by atoms with E-state index in [2.05, 4.69) is 16.5 Å². The molecule has 29 heavy (non-hydrogen) atoms. The Morgan fingerprint density at radius 1 is 0.862 bits per heavy atom. The van der Waals surface area contributed by atoms with Crippen molar-refractivity contribution in [3.63, 3.8) is 0 Å². The summed E-state index contributed by atoms with van der Waals surface area (Å²) in [5, 5.41) is 2.56. The molecule has 2 aromatic heterocycles. The number of H-pyrrole nitrogens is 1. The summed E-state index contributed by atoms with van der Waals surface area (Å²) < 4.78 is 2.13. The van der Waals surface area contributed by atoms with Crippen LogP contribution in [0, 0.1) is 0 Å². The highest BCUT2D eigenvalue weighted by Crippen LogP contribution is 2.34. The summed E-state index contributed by atoms with van der Waals surface area (Å²) in [5.41, 5.74) is 3.86. The number of nitrogens with zero attached hydrogens (tertiary/aromatic N) is 2. The molecule has 0 amide bonds. The lowest BCUT2D eigenvalue weighted by molar-refractivity contribution is 0.820. The maximum absolute atomic E-state index is 13.5. The van der Waals surface area contributed by atoms with Crippen molar-refractivity contribution in [3.05, 3.63) is 75.0 Å². The first-order chi connectivity index (χ1) is 14.0. The average molecular weight is 383 g/mol. The van der Waals surface area contributed by atoms with Crippen LogP contribution >= 0.6 is 0 Å². The first kappa shape index (κ1) is 17.5. The summed E-state index contributed by atoms with van der Waals surface area (Å²) in [4.78, 5) is 32.2. The van der Waals surface area contributed by atoms with Crippen LogP contribution in [0.3, 0.4) is 0 Å². The molecule has 5 aromatic rings. The van der Waals surface area contributed by atoms with Gasteiger partial charge in [0.1, 0.15) is 0 Å². The number of rotatable bonds is 2. The van der Waals surface area contributed by atoms with Gasteiger partial charge in [0, 0.05) is 36.9 Å². The minimum atomic E-state index is -0.0248. The summed E-state index contributed by atoms with van der Waals surface area (Å²) in [5.74, 6) is 0. The Bertz CT molecular complexity index is 1560. The molecule has 144 valence electrons. The van der Waals surface area contributed by atoms with E-state index < -0.39 is 0 Å². The summed E-state index contributed by atoms with van der Waals surface area (Å²) >= 11 is 0. The van der Waals surface area contributed by atoms with E-state index in [9.17, 15) is 9.59 Å². The van der Waals surface area contributed by atoms with Gasteiger partial charge in [0.05, 0.1) is 33.0 Å². The Morgan fingerprint density at radius 2 is 1.55 bits per heavy atom. The molecule has 5 heteroatoms. The normalized spacial score (nSPS) is 11.7. The van der Waals surface area contributed by atoms with Gasteiger partial charge in [-0.3, -0.25) is 9.59 Å². The fourth-order valence-corrected chi connectivity index (χ4v) is 4.43. The average Bonchev–Trinajstić information content (AvgIpc) is 2.73. The monoisotopic (exact) mass is 383 g/mol. The molecule has 0 unspecified atom stereocenters. The molecule has 1 N–H and O–H groups in total. The smallest absolute Gasteiger partial charge is 0.199 e. The van der Waals surface area contributed by atoms with Gasteiger partial charge in [0.2, 0.25) is 0 Å². The van der Waals surface area contributed by atoms with Crippen LogP contribution in [0.5, 0.6) is 0 Å². The van der Waals surface area contributed by atoms with Crippen molar-refractivity contribution in [1.29, 1.82) is 0 Å². The molecular formula is C24H21N3O2. The minimum Gasteiger partial charge on any atom is -0.375 e. The molecule has 3 aromatic carbocycles. The van der Waals surface area contributed by atoms with Crippen LogP contribution in [0.4, 0.5) is 5.69 Å². The van der Waals surface area contributed by atoms with E-state index in [4.69, 9.17) is 0 Å². The maximum Gasteiger partial charge on any atom is 0.199 e. The first-order valence-electron chi connectivity index (χ1n) is 9.73. The molecule has 0 bridgehead atoms. The molecule has 0 fully saturated rings. The second kappa shape index (κ2) is 6.21. The van der Waals surface area contributed by atoms with Crippen molar-refractivity contribution in [2.45, 2.75) is 13.5 Å². The van der Waals surface area contributed by atoms with E-state index in [-0.39, 0.29) is 10.9 Å². The fourth-order valence-electron chi connectivity index (χ4n) is 4.43. The summed E-state index contributed by atoms with van der Waals surface area (Å²) in [6.07, 6.45) is 0. The summed E-state index contributed by atoms with van der Waals surface area (Å²) in [7, 11) is 3.84. The Balaban J connectivity index is 2.18. The van der Waals surface area contributed by atoms with Gasteiger partial charge in [-0.25, -0.2) is 0 Å². The molecule has 0 spiro atoms. The number of aromatic nitrogens is 2. The van der Waals surface area contributed by atoms with Crippen molar-refractivity contribution in [2.24, 2.45) is 0 Å². The van der Waals surface area contributed by atoms with Crippen LogP contribution in [-0.2, 0) is 6.54 Å². The van der Waals surface area contributed by atoms with E-state index >= 15 is 0 Å². The minimum absolute atomic E-state index is 0.0145. The maximum atomic E-state index is 13.5. The summed E-state index contributed by atoms with van der Waals surface area (Å²) in [6.45, 7) is 2.75. The lowest BCUT2D eigenvalue weighted by Crippen LogP contribution is -2.19. The Hall–Kier alpha value is -3.60. The fraction of sp³-hybridized carbons (Fsp3) is 0.167. The zero-order valence-corrected chi connectivity index (χ0v) is 16.6. The zero-order chi connectivity index (χ0) is 20.3. The highest BCUT2D eigenvalue weighted by molar-refractivity contribution is 6.13. The molecule has 0 aliphatic carbocycles. The zero-order valence-electron chi connectivity index (χ0n) is 16.6. The van der Waals surface area contributed by atoms with Crippen molar-refractivity contribution in [2.75, 3.05) is 19.0 Å². The molecule has 0 atom stereocenters. The van der Waals surface area contributed by atoms with E-state index in [0.29, 0.717) is 33.6 Å². The number of pyridine rings is 2. The first-order valence-corrected chi connectivity index (χ1v) is 9.73. The standard InChI is InChI=1S/C24H21N3O2/c1-4-27-19-12-8-6-10-15(19)23(28)16-13-18-20(22(21(16)27)26(2)3)24(29)14-9-5-7-11-17(14)25-18/h5-13H,4H2,1-3H3,(H,25,29). The topological polar surface area (TPSA) is 58.1 Å². The van der Waals surface area contributed by atoms with Gasteiger partial charge in [-0.2, -0.15) is 0 Å². The van der Waals surface area contributed by atoms with Crippen LogP contribution in [0.15, 0.2) is 64.2 Å². The molecule has 0 saturated carbocycles. The van der Waals surface area contributed by atoms with Crippen molar-refractivity contribution in [1.82, 2.24) is 9.55 Å². The predicted molar refractivity (Wildman–Crippen MR) is 121 cm³/mol. The van der Waals surface area contributed by atoms with Gasteiger partial charge in [-0.05, 0) is 37.3 Å². The molecule has 5 nitrogen and oxygen atoms in total. The highest BCUT2D eigenvalue weighted by Gasteiger charge is 2.20. The van der Waals surface area contributed by atoms with Crippen molar-refractivity contribution in [3.8, 4) is 0 Å². The molecule has 0 radical (unpaired) electrons. The third-order valence-electron chi connectivity index (χ3n) is 5.66. The Kier molecular flexibility index (Phi) is 3.74. The van der Waals surface area contributed by atoms with Crippen LogP contribution in [0.1, 0.15) is 6.92 Å². The summed E-state index contributed by atoms with van der Waals surface area (Å²) in [6, 6.07) is 17.0. The third kappa shape index (κ3) is 2.34. The quantitative estimate of drug-likeness (QED) is 0.464. The largest absolute Gasteiger partial charge is 0.375 e. The molecule has 2 heterocycles. The van der Waals surface area contributed by atoms with Crippen molar-refractivity contribution >= 4 is 49.3 Å². The van der Waals surface area contributed by atoms with E-state index in [1.54, 1.807) is 0 Å². The number of nitrogens with one attached hydrogen (secondary N) is 1. The molecule has 0 aliphatic rings. The van der Waals surface area contributed by atoms with Gasteiger partial charge in [-0.15, -0.1) is 0 Å². The van der Waals surface area contributed by atoms with Gasteiger partial charge in [0.25, 0.3) is 0 Å². The lowest BCUT2D eigenvalue weighted by Gasteiger charge is -2.22. The molecular weight excluding hydrogens is 362 g/mol. The second-order valence-electron chi connectivity index (χ2n) is 7.53. The van der Waals surface area contributed by atoms with Gasteiger partial charge in [0.15, 0.2) is 10.9 Å². The second-order valence-corrected chi connectivity index (χ2v) is 7.53. The number of para-hydroxylation sites is 2. The highest BCUT2D eigenvalue weighted by atomic mass is 16.1. The predicted octanol–water partition coefficient (Wildman–Crippen LogP) is 4.24. The van der Waals surface area contributed by atoms with E-state index in [0.717, 1.165) is 22.2 Å². The number of hydrogen-bond acceptors (Lipinski definition) is 3.